The summed E-state index contributed by atoms with van der Waals surface area (Å²) in [6.45, 7) is 7.25. The molecule has 1 rings (SSSR count). The predicted octanol–water partition coefficient (Wildman–Crippen LogP) is 2.20. The van der Waals surface area contributed by atoms with Gasteiger partial charge in [0, 0.05) is 5.02 Å². The molecule has 0 saturated carbocycles. The lowest BCUT2D eigenvalue weighted by atomic mass is 10.3. The third-order valence-electron chi connectivity index (χ3n) is 1.99. The van der Waals surface area contributed by atoms with Gasteiger partial charge in [-0.2, -0.15) is 0 Å². The molecule has 5 heteroatoms. The van der Waals surface area contributed by atoms with Gasteiger partial charge in [0.1, 0.15) is 12.4 Å². The molecule has 0 amide bonds. The molecule has 0 unspecified atom stereocenters. The summed E-state index contributed by atoms with van der Waals surface area (Å²) >= 11 is 5.84. The van der Waals surface area contributed by atoms with Gasteiger partial charge in [0.05, 0.1) is 13.1 Å². The Morgan fingerprint density at radius 1 is 1.56 bits per heavy atom. The maximum absolute atomic E-state index is 5.84. The number of halogens is 1. The van der Waals surface area contributed by atoms with Crippen LogP contribution in [0.3, 0.4) is 0 Å². The van der Waals surface area contributed by atoms with Crippen molar-refractivity contribution in [3.05, 3.63) is 41.4 Å². The average Bonchev–Trinajstić information content (AvgIpc) is 2.32. The summed E-state index contributed by atoms with van der Waals surface area (Å²) in [6.07, 6.45) is 0. The van der Waals surface area contributed by atoms with Crippen LogP contribution >= 0.6 is 11.6 Å². The van der Waals surface area contributed by atoms with Crippen LogP contribution < -0.4 is 15.8 Å². The van der Waals surface area contributed by atoms with Crippen LogP contribution in [0.2, 0.25) is 5.02 Å². The van der Waals surface area contributed by atoms with Crippen LogP contribution in [0.4, 0.5) is 0 Å². The van der Waals surface area contributed by atoms with Crippen molar-refractivity contribution in [2.45, 2.75) is 6.92 Å². The fraction of sp³-hybridized carbons (Fsp3) is 0.308. The number of hydrogen-bond donors (Lipinski definition) is 2. The fourth-order valence-electron chi connectivity index (χ4n) is 1.18. The van der Waals surface area contributed by atoms with E-state index >= 15 is 0 Å². The van der Waals surface area contributed by atoms with Crippen molar-refractivity contribution in [1.82, 2.24) is 5.32 Å². The molecule has 4 nitrogen and oxygen atoms in total. The molecule has 1 aromatic carbocycles. The van der Waals surface area contributed by atoms with Crippen LogP contribution in [0.25, 0.3) is 0 Å². The quantitative estimate of drug-likeness (QED) is 0.360. The first-order valence-corrected chi connectivity index (χ1v) is 6.02. The second kappa shape index (κ2) is 7.61. The zero-order valence-corrected chi connectivity index (χ0v) is 11.2. The maximum Gasteiger partial charge on any atom is 0.189 e. The SMILES string of the molecule is C=C(C)CN=C(N)NCCOc1cccc(Cl)c1. The molecule has 0 radical (unpaired) electrons. The highest BCUT2D eigenvalue weighted by molar-refractivity contribution is 6.30. The zero-order chi connectivity index (χ0) is 13.4. The molecular weight excluding hydrogens is 250 g/mol. The molecule has 0 fully saturated rings. The molecular formula is C13H18ClN3O. The van der Waals surface area contributed by atoms with Gasteiger partial charge >= 0.3 is 0 Å². The van der Waals surface area contributed by atoms with E-state index in [-0.39, 0.29) is 0 Å². The molecule has 3 N–H and O–H groups in total. The molecule has 0 aliphatic heterocycles. The van der Waals surface area contributed by atoms with Crippen LogP contribution in [-0.4, -0.2) is 25.7 Å². The van der Waals surface area contributed by atoms with Gasteiger partial charge in [-0.15, -0.1) is 0 Å². The zero-order valence-electron chi connectivity index (χ0n) is 10.4. The van der Waals surface area contributed by atoms with Gasteiger partial charge in [0.25, 0.3) is 0 Å². The molecule has 0 spiro atoms. The van der Waals surface area contributed by atoms with E-state index in [0.29, 0.717) is 30.7 Å². The average molecular weight is 268 g/mol. The van der Waals surface area contributed by atoms with Crippen LogP contribution in [0, 0.1) is 0 Å². The molecule has 18 heavy (non-hydrogen) atoms. The molecule has 0 saturated heterocycles. The summed E-state index contributed by atoms with van der Waals surface area (Å²) < 4.78 is 5.49. The first-order chi connectivity index (χ1) is 8.58. The molecule has 98 valence electrons. The Balaban J connectivity index is 2.22. The second-order valence-electron chi connectivity index (χ2n) is 3.89. The number of nitrogens with one attached hydrogen (secondary N) is 1. The second-order valence-corrected chi connectivity index (χ2v) is 4.33. The van der Waals surface area contributed by atoms with Gasteiger partial charge < -0.3 is 15.8 Å². The third kappa shape index (κ3) is 6.15. The highest BCUT2D eigenvalue weighted by atomic mass is 35.5. The Bertz CT molecular complexity index is 432. The van der Waals surface area contributed by atoms with E-state index in [2.05, 4.69) is 16.9 Å². The minimum Gasteiger partial charge on any atom is -0.492 e. The minimum absolute atomic E-state index is 0.396. The molecule has 1 aromatic rings. The van der Waals surface area contributed by atoms with E-state index in [0.717, 1.165) is 11.3 Å². The highest BCUT2D eigenvalue weighted by Gasteiger charge is 1.95. The lowest BCUT2D eigenvalue weighted by molar-refractivity contribution is 0.322. The number of aliphatic imine (C=N–C) groups is 1. The number of nitrogens with two attached hydrogens (primary N) is 1. The fourth-order valence-corrected chi connectivity index (χ4v) is 1.36. The van der Waals surface area contributed by atoms with Crippen LogP contribution in [0.1, 0.15) is 6.92 Å². The summed E-state index contributed by atoms with van der Waals surface area (Å²) in [5.41, 5.74) is 6.61. The third-order valence-corrected chi connectivity index (χ3v) is 2.23. The molecule has 0 heterocycles. The smallest absolute Gasteiger partial charge is 0.189 e. The van der Waals surface area contributed by atoms with Crippen molar-refractivity contribution in [2.75, 3.05) is 19.7 Å². The molecule has 0 aliphatic rings. The maximum atomic E-state index is 5.84. The van der Waals surface area contributed by atoms with Gasteiger partial charge in [-0.25, -0.2) is 4.99 Å². The van der Waals surface area contributed by atoms with E-state index < -0.39 is 0 Å². The van der Waals surface area contributed by atoms with Gasteiger partial charge in [-0.3, -0.25) is 0 Å². The monoisotopic (exact) mass is 267 g/mol. The Labute approximate surface area is 112 Å². The summed E-state index contributed by atoms with van der Waals surface area (Å²) in [5, 5.41) is 3.61. The van der Waals surface area contributed by atoms with E-state index in [9.17, 15) is 0 Å². The van der Waals surface area contributed by atoms with Crippen molar-refractivity contribution in [2.24, 2.45) is 10.7 Å². The molecule has 0 atom stereocenters. The van der Waals surface area contributed by atoms with Crippen molar-refractivity contribution in [3.63, 3.8) is 0 Å². The first-order valence-electron chi connectivity index (χ1n) is 5.64. The van der Waals surface area contributed by atoms with Crippen LogP contribution in [0.5, 0.6) is 5.75 Å². The summed E-state index contributed by atoms with van der Waals surface area (Å²) in [6, 6.07) is 7.26. The van der Waals surface area contributed by atoms with Crippen molar-refractivity contribution < 1.29 is 4.74 Å². The standard InChI is InChI=1S/C13H18ClN3O/c1-10(2)9-17-13(15)16-6-7-18-12-5-3-4-11(14)8-12/h3-5,8H,1,6-7,9H2,2H3,(H3,15,16,17). The minimum atomic E-state index is 0.396. The largest absolute Gasteiger partial charge is 0.492 e. The molecule has 0 aromatic heterocycles. The Morgan fingerprint density at radius 2 is 2.33 bits per heavy atom. The number of ether oxygens (including phenoxy) is 1. The van der Waals surface area contributed by atoms with Gasteiger partial charge in [0.15, 0.2) is 5.96 Å². The summed E-state index contributed by atoms with van der Waals surface area (Å²) in [7, 11) is 0. The number of rotatable bonds is 6. The summed E-state index contributed by atoms with van der Waals surface area (Å²) in [5.74, 6) is 1.13. The van der Waals surface area contributed by atoms with Gasteiger partial charge in [-0.05, 0) is 25.1 Å². The van der Waals surface area contributed by atoms with Crippen LogP contribution in [0.15, 0.2) is 41.4 Å². The number of hydrogen-bond acceptors (Lipinski definition) is 2. The normalized spacial score (nSPS) is 11.1. The number of guanidine groups is 1. The Morgan fingerprint density at radius 3 is 3.00 bits per heavy atom. The first kappa shape index (κ1) is 14.4. The topological polar surface area (TPSA) is 59.6 Å². The Hall–Kier alpha value is -1.68. The number of nitrogens with zero attached hydrogens (tertiary/aromatic N) is 1. The van der Waals surface area contributed by atoms with Gasteiger partial charge in [0.2, 0.25) is 0 Å². The van der Waals surface area contributed by atoms with E-state index in [1.165, 1.54) is 0 Å². The lowest BCUT2D eigenvalue weighted by Gasteiger charge is -2.08. The molecule has 0 bridgehead atoms. The van der Waals surface area contributed by atoms with E-state index in [1.807, 2.05) is 19.1 Å². The predicted molar refractivity (Wildman–Crippen MR) is 76.3 cm³/mol. The van der Waals surface area contributed by atoms with Crippen molar-refractivity contribution in [1.29, 1.82) is 0 Å². The highest BCUT2D eigenvalue weighted by Crippen LogP contribution is 2.16. The van der Waals surface area contributed by atoms with Crippen molar-refractivity contribution in [3.8, 4) is 5.75 Å². The summed E-state index contributed by atoms with van der Waals surface area (Å²) in [4.78, 5) is 4.09. The Kier molecular flexibility index (Phi) is 6.08. The van der Waals surface area contributed by atoms with E-state index in [4.69, 9.17) is 22.1 Å². The van der Waals surface area contributed by atoms with Crippen molar-refractivity contribution >= 4 is 17.6 Å². The molecule has 0 aliphatic carbocycles. The van der Waals surface area contributed by atoms with E-state index in [1.54, 1.807) is 12.1 Å². The van der Waals surface area contributed by atoms with Gasteiger partial charge in [-0.1, -0.05) is 29.8 Å². The van der Waals surface area contributed by atoms with Crippen LogP contribution in [-0.2, 0) is 0 Å². The lowest BCUT2D eigenvalue weighted by Crippen LogP contribution is -2.34. The number of benzene rings is 1.